The van der Waals surface area contributed by atoms with Gasteiger partial charge in [-0.1, -0.05) is 103 Å². The Morgan fingerprint density at radius 2 is 1.06 bits per heavy atom. The molecule has 2 heterocycles. The highest BCUT2D eigenvalue weighted by Gasteiger charge is 2.22. The third-order valence-electron chi connectivity index (χ3n) is 8.47. The predicted molar refractivity (Wildman–Crippen MR) is 190 cm³/mol. The minimum absolute atomic E-state index is 0.390. The molecule has 8 rings (SSSR count). The molecule has 0 saturated carbocycles. The second kappa shape index (κ2) is 11.6. The maximum absolute atomic E-state index is 9.91. The zero-order valence-corrected chi connectivity index (χ0v) is 25.4. The highest BCUT2D eigenvalue weighted by Crippen LogP contribution is 2.44. The highest BCUT2D eigenvalue weighted by molar-refractivity contribution is 6.25. The van der Waals surface area contributed by atoms with Crippen molar-refractivity contribution >= 4 is 38.4 Å². The van der Waals surface area contributed by atoms with Crippen molar-refractivity contribution < 1.29 is 0 Å². The number of para-hydroxylation sites is 1. The Morgan fingerprint density at radius 1 is 0.500 bits per heavy atom. The van der Waals surface area contributed by atoms with E-state index in [1.165, 1.54) is 0 Å². The van der Waals surface area contributed by atoms with E-state index in [0.717, 1.165) is 60.9 Å². The molecule has 220 valence electrons. The summed E-state index contributed by atoms with van der Waals surface area (Å²) in [4.78, 5) is 19.6. The van der Waals surface area contributed by atoms with Crippen LogP contribution in [0, 0.1) is 29.2 Å². The Labute approximate surface area is 276 Å². The van der Waals surface area contributed by atoms with Crippen molar-refractivity contribution in [2.75, 3.05) is 0 Å². The fourth-order valence-electron chi connectivity index (χ4n) is 6.30. The Bertz CT molecular complexity index is 2650. The van der Waals surface area contributed by atoms with Gasteiger partial charge in [0.15, 0.2) is 5.69 Å². The number of pyridine rings is 1. The first-order valence-electron chi connectivity index (χ1n) is 15.3. The van der Waals surface area contributed by atoms with Crippen LogP contribution >= 0.6 is 0 Å². The minimum atomic E-state index is 0.390. The summed E-state index contributed by atoms with van der Waals surface area (Å²) in [5, 5.41) is 22.4. The molecule has 0 bridgehead atoms. The van der Waals surface area contributed by atoms with Crippen LogP contribution in [-0.4, -0.2) is 15.0 Å². The standard InChI is InChI=1S/C42H22N6/c1-45-32-18-16-30(17-19-32)39-38-37(33-14-8-9-15-35(33)46-39)34(31-21-26(24-43)20-27(22-31)25-44)23-36-42(38)48-41(29-12-6-3-7-13-29)40(47-36)28-10-4-2-5-11-28/h2-23H. The van der Waals surface area contributed by atoms with Gasteiger partial charge in [0.05, 0.1) is 63.5 Å². The number of nitrogens with zero attached hydrogens (tertiary/aromatic N) is 6. The summed E-state index contributed by atoms with van der Waals surface area (Å²) in [7, 11) is 0. The van der Waals surface area contributed by atoms with Gasteiger partial charge < -0.3 is 0 Å². The van der Waals surface area contributed by atoms with Crippen molar-refractivity contribution in [3.8, 4) is 57.0 Å². The maximum Gasteiger partial charge on any atom is 0.187 e. The van der Waals surface area contributed by atoms with Crippen LogP contribution in [0.4, 0.5) is 5.69 Å². The van der Waals surface area contributed by atoms with E-state index in [4.69, 9.17) is 21.5 Å². The van der Waals surface area contributed by atoms with E-state index in [-0.39, 0.29) is 0 Å². The molecule has 6 aromatic carbocycles. The van der Waals surface area contributed by atoms with Gasteiger partial charge in [-0.15, -0.1) is 0 Å². The number of hydrogen-bond acceptors (Lipinski definition) is 5. The van der Waals surface area contributed by atoms with E-state index >= 15 is 0 Å². The lowest BCUT2D eigenvalue weighted by Gasteiger charge is -2.18. The van der Waals surface area contributed by atoms with Crippen molar-refractivity contribution in [2.45, 2.75) is 0 Å². The van der Waals surface area contributed by atoms with E-state index in [0.29, 0.717) is 33.5 Å². The molecule has 48 heavy (non-hydrogen) atoms. The summed E-state index contributed by atoms with van der Waals surface area (Å²) < 4.78 is 0. The summed E-state index contributed by atoms with van der Waals surface area (Å²) in [6, 6.07) is 47.1. The molecule has 0 aliphatic heterocycles. The van der Waals surface area contributed by atoms with E-state index in [2.05, 4.69) is 17.0 Å². The second-order valence-corrected chi connectivity index (χ2v) is 11.4. The third-order valence-corrected chi connectivity index (χ3v) is 8.47. The molecule has 0 saturated heterocycles. The van der Waals surface area contributed by atoms with Gasteiger partial charge in [-0.3, -0.25) is 0 Å². The normalized spacial score (nSPS) is 10.9. The molecule has 0 aliphatic rings. The smallest absolute Gasteiger partial charge is 0.187 e. The lowest BCUT2D eigenvalue weighted by atomic mass is 9.90. The Kier molecular flexibility index (Phi) is 6.85. The van der Waals surface area contributed by atoms with Gasteiger partial charge in [0, 0.05) is 27.3 Å². The summed E-state index contributed by atoms with van der Waals surface area (Å²) in [5.74, 6) is 0. The van der Waals surface area contributed by atoms with E-state index < -0.39 is 0 Å². The number of aromatic nitrogens is 3. The summed E-state index contributed by atoms with van der Waals surface area (Å²) >= 11 is 0. The predicted octanol–water partition coefficient (Wildman–Crippen LogP) is 10.3. The third kappa shape index (κ3) is 4.77. The van der Waals surface area contributed by atoms with Crippen LogP contribution in [0.15, 0.2) is 133 Å². The van der Waals surface area contributed by atoms with E-state index in [9.17, 15) is 10.5 Å². The molecular formula is C42H22N6. The highest BCUT2D eigenvalue weighted by atomic mass is 14.8. The average molecular weight is 611 g/mol. The fourth-order valence-corrected chi connectivity index (χ4v) is 6.30. The van der Waals surface area contributed by atoms with Crippen LogP contribution in [0.25, 0.3) is 82.5 Å². The van der Waals surface area contributed by atoms with Crippen LogP contribution in [0.5, 0.6) is 0 Å². The van der Waals surface area contributed by atoms with Crippen molar-refractivity contribution in [1.29, 1.82) is 10.5 Å². The first-order chi connectivity index (χ1) is 23.6. The van der Waals surface area contributed by atoms with Crippen LogP contribution in [0.1, 0.15) is 11.1 Å². The molecule has 0 amide bonds. The maximum atomic E-state index is 9.91. The molecule has 0 atom stereocenters. The largest absolute Gasteiger partial charge is 0.247 e. The number of fused-ring (bicyclic) bond motifs is 5. The topological polar surface area (TPSA) is 90.6 Å². The van der Waals surface area contributed by atoms with Gasteiger partial charge in [-0.25, -0.2) is 19.8 Å². The van der Waals surface area contributed by atoms with Crippen LogP contribution in [-0.2, 0) is 0 Å². The first-order valence-corrected chi connectivity index (χ1v) is 15.3. The van der Waals surface area contributed by atoms with Gasteiger partial charge in [0.1, 0.15) is 0 Å². The lowest BCUT2D eigenvalue weighted by molar-refractivity contribution is 1.30. The monoisotopic (exact) mass is 610 g/mol. The first kappa shape index (κ1) is 28.3. The van der Waals surface area contributed by atoms with E-state index in [1.54, 1.807) is 18.2 Å². The summed E-state index contributed by atoms with van der Waals surface area (Å²) in [6.07, 6.45) is 0. The molecule has 0 spiro atoms. The average Bonchev–Trinajstić information content (AvgIpc) is 3.17. The Balaban J connectivity index is 1.61. The molecule has 0 radical (unpaired) electrons. The molecule has 0 N–H and O–H groups in total. The Hall–Kier alpha value is -7.20. The molecule has 8 aromatic rings. The van der Waals surface area contributed by atoms with Gasteiger partial charge in [0.2, 0.25) is 0 Å². The van der Waals surface area contributed by atoms with Crippen LogP contribution < -0.4 is 0 Å². The molecule has 0 aliphatic carbocycles. The fraction of sp³-hybridized carbons (Fsp3) is 0. The minimum Gasteiger partial charge on any atom is -0.247 e. The zero-order chi connectivity index (χ0) is 32.6. The summed E-state index contributed by atoms with van der Waals surface area (Å²) in [6.45, 7) is 7.50. The Morgan fingerprint density at radius 3 is 1.69 bits per heavy atom. The quantitative estimate of drug-likeness (QED) is 0.146. The molecule has 0 fully saturated rings. The van der Waals surface area contributed by atoms with Gasteiger partial charge in [0.25, 0.3) is 0 Å². The van der Waals surface area contributed by atoms with Gasteiger partial charge in [-0.05, 0) is 47.0 Å². The molecule has 6 heteroatoms. The second-order valence-electron chi connectivity index (χ2n) is 11.4. The summed E-state index contributed by atoms with van der Waals surface area (Å²) in [5.41, 5.74) is 9.81. The van der Waals surface area contributed by atoms with Crippen molar-refractivity contribution in [3.63, 3.8) is 0 Å². The van der Waals surface area contributed by atoms with Crippen LogP contribution in [0.2, 0.25) is 0 Å². The molecular weight excluding hydrogens is 589 g/mol. The van der Waals surface area contributed by atoms with Crippen molar-refractivity contribution in [1.82, 2.24) is 15.0 Å². The molecule has 6 nitrogen and oxygen atoms in total. The van der Waals surface area contributed by atoms with Crippen molar-refractivity contribution in [2.24, 2.45) is 0 Å². The van der Waals surface area contributed by atoms with E-state index in [1.807, 2.05) is 115 Å². The SMILES string of the molecule is [C-]#[N+]c1ccc(-c2nc3ccccc3c3c(-c4cc(C#N)cc(C#N)c4)cc4nc(-c5ccccc5)c(-c5ccccc5)nc4c23)cc1. The van der Waals surface area contributed by atoms with Crippen LogP contribution in [0.3, 0.4) is 0 Å². The zero-order valence-electron chi connectivity index (χ0n) is 25.4. The van der Waals surface area contributed by atoms with Gasteiger partial charge >= 0.3 is 0 Å². The molecule has 0 unspecified atom stereocenters. The number of hydrogen-bond donors (Lipinski definition) is 0. The van der Waals surface area contributed by atoms with Gasteiger partial charge in [-0.2, -0.15) is 10.5 Å². The number of rotatable bonds is 4. The van der Waals surface area contributed by atoms with Crippen molar-refractivity contribution in [3.05, 3.63) is 156 Å². The molecule has 2 aromatic heterocycles. The number of nitriles is 2. The number of benzene rings is 6. The lowest BCUT2D eigenvalue weighted by Crippen LogP contribution is -2.00.